The normalized spacial score (nSPS) is 28.2. The van der Waals surface area contributed by atoms with E-state index < -0.39 is 0 Å². The van der Waals surface area contributed by atoms with E-state index in [-0.39, 0.29) is 5.82 Å². The van der Waals surface area contributed by atoms with Crippen molar-refractivity contribution in [2.45, 2.75) is 46.1 Å². The van der Waals surface area contributed by atoms with E-state index in [9.17, 15) is 4.39 Å². The summed E-state index contributed by atoms with van der Waals surface area (Å²) < 4.78 is 13.4. The van der Waals surface area contributed by atoms with Gasteiger partial charge in [0.2, 0.25) is 0 Å². The number of anilines is 1. The van der Waals surface area contributed by atoms with Gasteiger partial charge in [0, 0.05) is 6.04 Å². The van der Waals surface area contributed by atoms with Crippen LogP contribution in [0.3, 0.4) is 0 Å². The summed E-state index contributed by atoms with van der Waals surface area (Å²) >= 11 is 6.10. The van der Waals surface area contributed by atoms with Gasteiger partial charge in [-0.15, -0.1) is 0 Å². The van der Waals surface area contributed by atoms with Crippen molar-refractivity contribution in [3.63, 3.8) is 0 Å². The van der Waals surface area contributed by atoms with Gasteiger partial charge in [0.05, 0.1) is 10.7 Å². The highest BCUT2D eigenvalue weighted by molar-refractivity contribution is 6.33. The minimum absolute atomic E-state index is 0.240. The summed E-state index contributed by atoms with van der Waals surface area (Å²) in [6, 6.07) is 3.65. The van der Waals surface area contributed by atoms with Gasteiger partial charge in [-0.1, -0.05) is 38.3 Å². The van der Waals surface area contributed by atoms with Crippen LogP contribution in [-0.4, -0.2) is 6.04 Å². The number of nitrogens with one attached hydrogen (secondary N) is 1. The largest absolute Gasteiger partial charge is 0.381 e. The highest BCUT2D eigenvalue weighted by atomic mass is 35.5. The molecular formula is C15H21ClFN. The SMILES string of the molecule is Cc1cc(NC2CCCC(C)C2C)c(Cl)cc1F. The molecule has 1 saturated carbocycles. The van der Waals surface area contributed by atoms with Gasteiger partial charge in [0.15, 0.2) is 0 Å². The molecular weight excluding hydrogens is 249 g/mol. The van der Waals surface area contributed by atoms with Gasteiger partial charge < -0.3 is 5.32 Å². The molecule has 1 N–H and O–H groups in total. The average Bonchev–Trinajstić information content (AvgIpc) is 2.32. The highest BCUT2D eigenvalue weighted by Gasteiger charge is 2.27. The molecule has 0 aliphatic heterocycles. The van der Waals surface area contributed by atoms with Gasteiger partial charge >= 0.3 is 0 Å². The summed E-state index contributed by atoms with van der Waals surface area (Å²) in [6.45, 7) is 6.35. The molecule has 3 atom stereocenters. The lowest BCUT2D eigenvalue weighted by molar-refractivity contribution is 0.253. The second kappa shape index (κ2) is 5.48. The first-order valence-corrected chi connectivity index (χ1v) is 7.09. The zero-order valence-corrected chi connectivity index (χ0v) is 12.0. The standard InChI is InChI=1S/C15H21ClFN/c1-9-5-4-6-14(11(9)3)18-15-7-10(2)13(17)8-12(15)16/h7-9,11,14,18H,4-6H2,1-3H3. The fraction of sp³-hybridized carbons (Fsp3) is 0.600. The van der Waals surface area contributed by atoms with Gasteiger partial charge in [-0.05, 0) is 42.9 Å². The van der Waals surface area contributed by atoms with E-state index in [1.54, 1.807) is 6.92 Å². The van der Waals surface area contributed by atoms with Crippen LogP contribution in [0.15, 0.2) is 12.1 Å². The Kier molecular flexibility index (Phi) is 4.16. The fourth-order valence-corrected chi connectivity index (χ4v) is 2.96. The van der Waals surface area contributed by atoms with Crippen molar-refractivity contribution in [1.29, 1.82) is 0 Å². The van der Waals surface area contributed by atoms with E-state index in [0.29, 0.717) is 22.5 Å². The van der Waals surface area contributed by atoms with Gasteiger partial charge in [-0.25, -0.2) is 4.39 Å². The van der Waals surface area contributed by atoms with Crippen molar-refractivity contribution in [3.8, 4) is 0 Å². The molecule has 0 heterocycles. The number of halogens is 2. The van der Waals surface area contributed by atoms with Gasteiger partial charge in [0.25, 0.3) is 0 Å². The Labute approximate surface area is 114 Å². The summed E-state index contributed by atoms with van der Waals surface area (Å²) in [4.78, 5) is 0. The minimum Gasteiger partial charge on any atom is -0.381 e. The molecule has 0 bridgehead atoms. The van der Waals surface area contributed by atoms with Crippen LogP contribution >= 0.6 is 11.6 Å². The summed E-state index contributed by atoms with van der Waals surface area (Å²) in [5.41, 5.74) is 1.50. The molecule has 1 aromatic carbocycles. The quantitative estimate of drug-likeness (QED) is 0.794. The fourth-order valence-electron chi connectivity index (χ4n) is 2.75. The van der Waals surface area contributed by atoms with Crippen LogP contribution in [0.1, 0.15) is 38.7 Å². The van der Waals surface area contributed by atoms with Crippen LogP contribution in [0.25, 0.3) is 0 Å². The summed E-state index contributed by atoms with van der Waals surface area (Å²) in [5, 5.41) is 3.97. The zero-order valence-electron chi connectivity index (χ0n) is 11.3. The number of aryl methyl sites for hydroxylation is 1. The first kappa shape index (κ1) is 13.7. The number of benzene rings is 1. The third-order valence-electron chi connectivity index (χ3n) is 4.30. The molecule has 0 aromatic heterocycles. The minimum atomic E-state index is -0.240. The van der Waals surface area contributed by atoms with Crippen LogP contribution in [0.5, 0.6) is 0 Å². The lowest BCUT2D eigenvalue weighted by Gasteiger charge is -2.35. The third-order valence-corrected chi connectivity index (χ3v) is 4.61. The molecule has 1 aliphatic carbocycles. The van der Waals surface area contributed by atoms with E-state index in [1.807, 2.05) is 6.07 Å². The van der Waals surface area contributed by atoms with E-state index in [2.05, 4.69) is 19.2 Å². The molecule has 1 aliphatic rings. The Bertz CT molecular complexity index is 433. The van der Waals surface area contributed by atoms with Crippen molar-refractivity contribution in [1.82, 2.24) is 0 Å². The third kappa shape index (κ3) is 2.80. The maximum atomic E-state index is 13.4. The summed E-state index contributed by atoms with van der Waals surface area (Å²) in [5.74, 6) is 1.12. The Morgan fingerprint density at radius 1 is 1.28 bits per heavy atom. The second-order valence-electron chi connectivity index (χ2n) is 5.60. The van der Waals surface area contributed by atoms with E-state index in [0.717, 1.165) is 18.0 Å². The maximum Gasteiger partial charge on any atom is 0.127 e. The topological polar surface area (TPSA) is 12.0 Å². The molecule has 1 aromatic rings. The molecule has 100 valence electrons. The Morgan fingerprint density at radius 3 is 2.72 bits per heavy atom. The molecule has 0 amide bonds. The molecule has 1 nitrogen and oxygen atoms in total. The van der Waals surface area contributed by atoms with Crippen LogP contribution < -0.4 is 5.32 Å². The van der Waals surface area contributed by atoms with Crippen molar-refractivity contribution < 1.29 is 4.39 Å². The van der Waals surface area contributed by atoms with Crippen molar-refractivity contribution in [3.05, 3.63) is 28.5 Å². The predicted molar refractivity (Wildman–Crippen MR) is 75.7 cm³/mol. The second-order valence-corrected chi connectivity index (χ2v) is 6.01. The van der Waals surface area contributed by atoms with Gasteiger partial charge in [0.1, 0.15) is 5.82 Å². The van der Waals surface area contributed by atoms with Crippen LogP contribution in [0.2, 0.25) is 5.02 Å². The first-order valence-electron chi connectivity index (χ1n) is 6.71. The monoisotopic (exact) mass is 269 g/mol. The van der Waals surface area contributed by atoms with Crippen LogP contribution in [-0.2, 0) is 0 Å². The van der Waals surface area contributed by atoms with Gasteiger partial charge in [-0.2, -0.15) is 0 Å². The average molecular weight is 270 g/mol. The first-order chi connectivity index (χ1) is 8.49. The smallest absolute Gasteiger partial charge is 0.127 e. The maximum absolute atomic E-state index is 13.4. The van der Waals surface area contributed by atoms with E-state index >= 15 is 0 Å². The lowest BCUT2D eigenvalue weighted by Crippen LogP contribution is -2.35. The molecule has 3 unspecified atom stereocenters. The summed E-state index contributed by atoms with van der Waals surface area (Å²) in [6.07, 6.45) is 3.72. The predicted octanol–water partition coefficient (Wildman–Crippen LogP) is 5.02. The van der Waals surface area contributed by atoms with Crippen molar-refractivity contribution in [2.75, 3.05) is 5.32 Å². The molecule has 0 spiro atoms. The Balaban J connectivity index is 2.16. The van der Waals surface area contributed by atoms with Crippen LogP contribution in [0, 0.1) is 24.6 Å². The lowest BCUT2D eigenvalue weighted by atomic mass is 9.78. The number of hydrogen-bond acceptors (Lipinski definition) is 1. The summed E-state index contributed by atoms with van der Waals surface area (Å²) in [7, 11) is 0. The molecule has 0 radical (unpaired) electrons. The Hall–Kier alpha value is -0.760. The van der Waals surface area contributed by atoms with E-state index in [1.165, 1.54) is 18.9 Å². The van der Waals surface area contributed by atoms with Crippen molar-refractivity contribution in [2.24, 2.45) is 11.8 Å². The number of rotatable bonds is 2. The Morgan fingerprint density at radius 2 is 2.00 bits per heavy atom. The number of hydrogen-bond donors (Lipinski definition) is 1. The molecule has 3 heteroatoms. The molecule has 2 rings (SSSR count). The van der Waals surface area contributed by atoms with Crippen molar-refractivity contribution >= 4 is 17.3 Å². The molecule has 1 fully saturated rings. The molecule has 18 heavy (non-hydrogen) atoms. The van der Waals surface area contributed by atoms with E-state index in [4.69, 9.17) is 11.6 Å². The highest BCUT2D eigenvalue weighted by Crippen LogP contribution is 2.34. The zero-order chi connectivity index (χ0) is 13.3. The molecule has 0 saturated heterocycles. The van der Waals surface area contributed by atoms with Crippen LogP contribution in [0.4, 0.5) is 10.1 Å². The van der Waals surface area contributed by atoms with Gasteiger partial charge in [-0.3, -0.25) is 0 Å².